The molecule has 7 heteroatoms. The topological polar surface area (TPSA) is 42.7 Å². The summed E-state index contributed by atoms with van der Waals surface area (Å²) >= 11 is 14.3. The molecule has 1 aromatic carbocycles. The van der Waals surface area contributed by atoms with Crippen molar-refractivity contribution in [3.8, 4) is 0 Å². The van der Waals surface area contributed by atoms with E-state index in [9.17, 15) is 0 Å². The van der Waals surface area contributed by atoms with Gasteiger partial charge >= 0.3 is 0 Å². The third-order valence-electron chi connectivity index (χ3n) is 3.57. The van der Waals surface area contributed by atoms with Crippen LogP contribution in [0.2, 0.25) is 10.0 Å². The van der Waals surface area contributed by atoms with Crippen LogP contribution in [-0.2, 0) is 4.87 Å². The normalized spacial score (nSPS) is 23.9. The lowest BCUT2D eigenvalue weighted by Crippen LogP contribution is -2.42. The highest BCUT2D eigenvalue weighted by atomic mass is 35.5. The molecule has 2 heterocycles. The first-order valence-electron chi connectivity index (χ1n) is 6.32. The number of halogens is 2. The monoisotopic (exact) mass is 328 g/mol. The van der Waals surface area contributed by atoms with Crippen LogP contribution in [0, 0.1) is 0 Å². The molecule has 1 fully saturated rings. The van der Waals surface area contributed by atoms with Gasteiger partial charge in [-0.25, -0.2) is 9.67 Å². The van der Waals surface area contributed by atoms with Crippen LogP contribution in [0.3, 0.4) is 0 Å². The zero-order valence-corrected chi connectivity index (χ0v) is 13.2. The molecule has 1 aromatic heterocycles. The van der Waals surface area contributed by atoms with Crippen molar-refractivity contribution in [2.75, 3.05) is 12.3 Å². The number of benzene rings is 1. The van der Waals surface area contributed by atoms with E-state index in [2.05, 4.69) is 22.3 Å². The first-order valence-corrected chi connectivity index (χ1v) is 8.06. The zero-order chi connectivity index (χ0) is 14.2. The minimum absolute atomic E-state index is 0.0798. The molecule has 2 atom stereocenters. The van der Waals surface area contributed by atoms with Gasteiger partial charge in [-0.15, -0.1) is 11.8 Å². The quantitative estimate of drug-likeness (QED) is 0.938. The third kappa shape index (κ3) is 2.33. The average Bonchev–Trinajstić information content (AvgIpc) is 3.10. The molecule has 0 bridgehead atoms. The highest BCUT2D eigenvalue weighted by Gasteiger charge is 2.44. The minimum Gasteiger partial charge on any atom is -0.296 e. The maximum absolute atomic E-state index is 6.42. The Bertz CT molecular complexity index is 596. The second kappa shape index (κ2) is 5.56. The molecule has 20 heavy (non-hydrogen) atoms. The Hall–Kier alpha value is -0.750. The largest absolute Gasteiger partial charge is 0.296 e. The Kier molecular flexibility index (Phi) is 3.95. The predicted octanol–water partition coefficient (Wildman–Crippen LogP) is 3.34. The lowest BCUT2D eigenvalue weighted by molar-refractivity contribution is 0.334. The summed E-state index contributed by atoms with van der Waals surface area (Å²) in [5.74, 6) is 1.03. The van der Waals surface area contributed by atoms with E-state index in [1.165, 1.54) is 0 Å². The highest BCUT2D eigenvalue weighted by Crippen LogP contribution is 2.48. The number of rotatable bonds is 3. The predicted molar refractivity (Wildman–Crippen MR) is 83.3 cm³/mol. The van der Waals surface area contributed by atoms with E-state index < -0.39 is 0 Å². The molecule has 1 saturated heterocycles. The van der Waals surface area contributed by atoms with Crippen molar-refractivity contribution in [3.63, 3.8) is 0 Å². The fraction of sp³-hybridized carbons (Fsp3) is 0.385. The molecule has 2 unspecified atom stereocenters. The van der Waals surface area contributed by atoms with Gasteiger partial charge in [0.1, 0.15) is 17.5 Å². The van der Waals surface area contributed by atoms with Crippen LogP contribution in [0.4, 0.5) is 0 Å². The molecule has 106 valence electrons. The molecule has 2 aromatic rings. The summed E-state index contributed by atoms with van der Waals surface area (Å²) in [5, 5.41) is 9.16. The Morgan fingerprint density at radius 1 is 1.45 bits per heavy atom. The fourth-order valence-corrected chi connectivity index (χ4v) is 4.59. The summed E-state index contributed by atoms with van der Waals surface area (Å²) in [6.07, 6.45) is 3.28. The summed E-state index contributed by atoms with van der Waals surface area (Å²) in [6.45, 7) is 3.05. The first kappa shape index (κ1) is 14.2. The Morgan fingerprint density at radius 2 is 2.30 bits per heavy atom. The molecule has 0 aliphatic carbocycles. The highest BCUT2D eigenvalue weighted by molar-refractivity contribution is 8.00. The van der Waals surface area contributed by atoms with E-state index in [0.717, 1.165) is 17.9 Å². The molecule has 1 aliphatic rings. The van der Waals surface area contributed by atoms with Crippen LogP contribution < -0.4 is 5.32 Å². The van der Waals surface area contributed by atoms with Gasteiger partial charge in [-0.1, -0.05) is 29.3 Å². The molecule has 0 spiro atoms. The van der Waals surface area contributed by atoms with Crippen LogP contribution in [0.1, 0.15) is 18.5 Å². The summed E-state index contributed by atoms with van der Waals surface area (Å²) in [5.41, 5.74) is 1.04. The van der Waals surface area contributed by atoms with Gasteiger partial charge in [0.15, 0.2) is 0 Å². The second-order valence-electron chi connectivity index (χ2n) is 4.69. The molecule has 1 aliphatic heterocycles. The molecule has 3 rings (SSSR count). The van der Waals surface area contributed by atoms with Crippen molar-refractivity contribution >= 4 is 35.0 Å². The lowest BCUT2D eigenvalue weighted by Gasteiger charge is -2.35. The van der Waals surface area contributed by atoms with Gasteiger partial charge < -0.3 is 0 Å². The van der Waals surface area contributed by atoms with Crippen LogP contribution in [-0.4, -0.2) is 27.1 Å². The van der Waals surface area contributed by atoms with Crippen LogP contribution in [0.5, 0.6) is 0 Å². The van der Waals surface area contributed by atoms with Gasteiger partial charge in [-0.3, -0.25) is 5.32 Å². The van der Waals surface area contributed by atoms with Crippen molar-refractivity contribution in [2.45, 2.75) is 17.8 Å². The van der Waals surface area contributed by atoms with Crippen LogP contribution >= 0.6 is 35.0 Å². The summed E-state index contributed by atoms with van der Waals surface area (Å²) < 4.78 is 1.86. The van der Waals surface area contributed by atoms with Crippen molar-refractivity contribution < 1.29 is 0 Å². The molecule has 1 N–H and O–H groups in total. The standard InChI is InChI=1S/C13H14Cl2N4S/c1-9(19-8-16-7-18-19)13(17-4-5-20-13)11-3-2-10(14)6-12(11)15/h2-3,6-9,17H,4-5H2,1H3. The van der Waals surface area contributed by atoms with Gasteiger partial charge in [0.25, 0.3) is 0 Å². The van der Waals surface area contributed by atoms with Gasteiger partial charge in [0, 0.05) is 27.9 Å². The Labute approximate surface area is 131 Å². The molecule has 0 saturated carbocycles. The van der Waals surface area contributed by atoms with Gasteiger partial charge in [0.2, 0.25) is 0 Å². The SMILES string of the molecule is CC(n1cncn1)C1(c2ccc(Cl)cc2Cl)NCCS1. The van der Waals surface area contributed by atoms with E-state index in [0.29, 0.717) is 10.0 Å². The Balaban J connectivity index is 2.08. The smallest absolute Gasteiger partial charge is 0.137 e. The third-order valence-corrected chi connectivity index (χ3v) is 5.69. The van der Waals surface area contributed by atoms with Crippen molar-refractivity contribution in [2.24, 2.45) is 0 Å². The molecule has 4 nitrogen and oxygen atoms in total. The van der Waals surface area contributed by atoms with Crippen LogP contribution in [0.25, 0.3) is 0 Å². The van der Waals surface area contributed by atoms with E-state index in [4.69, 9.17) is 23.2 Å². The van der Waals surface area contributed by atoms with Gasteiger partial charge in [-0.05, 0) is 19.1 Å². The number of nitrogens with zero attached hydrogens (tertiary/aromatic N) is 3. The van der Waals surface area contributed by atoms with Gasteiger partial charge in [-0.2, -0.15) is 5.10 Å². The number of thioether (sulfide) groups is 1. The second-order valence-corrected chi connectivity index (χ2v) is 6.87. The summed E-state index contributed by atoms with van der Waals surface area (Å²) in [4.78, 5) is 3.73. The molecular formula is C13H14Cl2N4S. The molecule has 0 amide bonds. The van der Waals surface area contributed by atoms with Crippen LogP contribution in [0.15, 0.2) is 30.9 Å². The molecule has 0 radical (unpaired) electrons. The summed E-state index contributed by atoms with van der Waals surface area (Å²) in [7, 11) is 0. The van der Waals surface area contributed by atoms with Crippen molar-refractivity contribution in [1.29, 1.82) is 0 Å². The van der Waals surface area contributed by atoms with Gasteiger partial charge in [0.05, 0.1) is 6.04 Å². The number of aromatic nitrogens is 3. The maximum atomic E-state index is 6.42. The van der Waals surface area contributed by atoms with E-state index >= 15 is 0 Å². The maximum Gasteiger partial charge on any atom is 0.137 e. The van der Waals surface area contributed by atoms with Crippen molar-refractivity contribution in [3.05, 3.63) is 46.5 Å². The first-order chi connectivity index (χ1) is 9.63. The zero-order valence-electron chi connectivity index (χ0n) is 10.9. The van der Waals surface area contributed by atoms with E-state index in [1.54, 1.807) is 18.7 Å². The van der Waals surface area contributed by atoms with Crippen molar-refractivity contribution in [1.82, 2.24) is 20.1 Å². The Morgan fingerprint density at radius 3 is 2.90 bits per heavy atom. The number of nitrogens with one attached hydrogen (secondary N) is 1. The van der Waals surface area contributed by atoms with E-state index in [-0.39, 0.29) is 10.9 Å². The summed E-state index contributed by atoms with van der Waals surface area (Å²) in [6, 6.07) is 5.73. The lowest BCUT2D eigenvalue weighted by atomic mass is 9.99. The minimum atomic E-state index is -0.310. The number of hydrogen-bond acceptors (Lipinski definition) is 4. The number of hydrogen-bond donors (Lipinski definition) is 1. The van der Waals surface area contributed by atoms with E-state index in [1.807, 2.05) is 28.6 Å². The molecular weight excluding hydrogens is 315 g/mol. The average molecular weight is 329 g/mol. The fourth-order valence-electron chi connectivity index (χ4n) is 2.56.